The molecule has 0 radical (unpaired) electrons. The zero-order valence-corrected chi connectivity index (χ0v) is 17.6. The number of ether oxygens (including phenoxy) is 1. The summed E-state index contributed by atoms with van der Waals surface area (Å²) in [4.78, 5) is 45.8. The van der Waals surface area contributed by atoms with Crippen molar-refractivity contribution in [1.29, 1.82) is 0 Å². The van der Waals surface area contributed by atoms with Crippen molar-refractivity contribution in [1.82, 2.24) is 24.7 Å². The van der Waals surface area contributed by atoms with Crippen molar-refractivity contribution in [2.45, 2.75) is 45.3 Å². The smallest absolute Gasteiger partial charge is 0.249 e. The van der Waals surface area contributed by atoms with Crippen LogP contribution in [0.2, 0.25) is 0 Å². The summed E-state index contributed by atoms with van der Waals surface area (Å²) in [5.41, 5.74) is 0. The minimum atomic E-state index is -0.288. The number of aromatic nitrogens is 2. The first-order valence-corrected chi connectivity index (χ1v) is 10.1. The molecular formula is C20H31N5O4. The lowest BCUT2D eigenvalue weighted by Crippen LogP contribution is -2.58. The molecule has 1 aromatic heterocycles. The van der Waals surface area contributed by atoms with Crippen molar-refractivity contribution in [2.75, 3.05) is 26.8 Å². The Morgan fingerprint density at radius 1 is 1.38 bits per heavy atom. The van der Waals surface area contributed by atoms with Crippen molar-refractivity contribution in [3.63, 3.8) is 0 Å². The van der Waals surface area contributed by atoms with Crippen LogP contribution in [0.15, 0.2) is 12.4 Å². The zero-order chi connectivity index (χ0) is 21.1. The van der Waals surface area contributed by atoms with Gasteiger partial charge in [-0.25, -0.2) is 4.98 Å². The summed E-state index contributed by atoms with van der Waals surface area (Å²) in [5, 5.41) is 2.99. The number of carbonyl (C=O) groups is 3. The summed E-state index contributed by atoms with van der Waals surface area (Å²) in [6.45, 7) is 5.01. The first-order valence-electron chi connectivity index (χ1n) is 10.1. The van der Waals surface area contributed by atoms with Gasteiger partial charge in [0.05, 0.1) is 25.0 Å². The fourth-order valence-electron chi connectivity index (χ4n) is 4.45. The minimum absolute atomic E-state index is 0.0387. The molecule has 29 heavy (non-hydrogen) atoms. The molecule has 0 bridgehead atoms. The molecule has 1 N–H and O–H groups in total. The van der Waals surface area contributed by atoms with Crippen LogP contribution in [0.3, 0.4) is 0 Å². The highest BCUT2D eigenvalue weighted by molar-refractivity contribution is 5.89. The first-order chi connectivity index (χ1) is 13.8. The highest BCUT2D eigenvalue weighted by Crippen LogP contribution is 2.36. The topological polar surface area (TPSA) is 96.8 Å². The first kappa shape index (κ1) is 21.3. The summed E-state index contributed by atoms with van der Waals surface area (Å²) in [7, 11) is 3.35. The van der Waals surface area contributed by atoms with Crippen molar-refractivity contribution in [2.24, 2.45) is 18.9 Å². The van der Waals surface area contributed by atoms with Crippen molar-refractivity contribution in [3.05, 3.63) is 18.2 Å². The van der Waals surface area contributed by atoms with E-state index in [1.165, 1.54) is 7.11 Å². The normalized spacial score (nSPS) is 24.2. The highest BCUT2D eigenvalue weighted by Gasteiger charge is 2.50. The molecule has 9 heteroatoms. The second-order valence-electron chi connectivity index (χ2n) is 8.37. The van der Waals surface area contributed by atoms with Gasteiger partial charge in [0.15, 0.2) is 0 Å². The van der Waals surface area contributed by atoms with Crippen LogP contribution in [0.25, 0.3) is 0 Å². The number of fused-ring (bicyclic) bond motifs is 1. The molecule has 0 saturated carbocycles. The van der Waals surface area contributed by atoms with Gasteiger partial charge in [0, 0.05) is 39.1 Å². The van der Waals surface area contributed by atoms with Gasteiger partial charge in [-0.05, 0) is 18.8 Å². The highest BCUT2D eigenvalue weighted by atomic mass is 16.5. The molecule has 160 valence electrons. The number of methoxy groups -OCH3 is 1. The molecule has 3 atom stereocenters. The molecule has 3 amide bonds. The Morgan fingerprint density at radius 3 is 2.76 bits per heavy atom. The third kappa shape index (κ3) is 4.60. The van der Waals surface area contributed by atoms with Gasteiger partial charge in [-0.1, -0.05) is 13.8 Å². The molecule has 1 aromatic rings. The monoisotopic (exact) mass is 405 g/mol. The lowest BCUT2D eigenvalue weighted by Gasteiger charge is -2.40. The SMILES string of the molecule is COCC(=O)N1CC(=O)N2[C@@H](C[C@H](C(=O)NCc3nccn3C)[C@@H]2CC(C)C)C1. The fourth-order valence-corrected chi connectivity index (χ4v) is 4.45. The Bertz CT molecular complexity index is 762. The molecule has 0 spiro atoms. The number of piperazine rings is 1. The second kappa shape index (κ2) is 8.94. The van der Waals surface area contributed by atoms with Gasteiger partial charge < -0.3 is 24.4 Å². The quantitative estimate of drug-likeness (QED) is 0.697. The number of amides is 3. The van der Waals surface area contributed by atoms with Gasteiger partial charge in [-0.2, -0.15) is 0 Å². The molecule has 2 aliphatic rings. The van der Waals surface area contributed by atoms with E-state index in [1.807, 2.05) is 22.7 Å². The Balaban J connectivity index is 1.73. The van der Waals surface area contributed by atoms with Crippen LogP contribution in [0.5, 0.6) is 0 Å². The molecule has 0 aliphatic carbocycles. The van der Waals surface area contributed by atoms with Crippen molar-refractivity contribution in [3.8, 4) is 0 Å². The van der Waals surface area contributed by atoms with Crippen LogP contribution in [0.4, 0.5) is 0 Å². The molecule has 2 fully saturated rings. The van der Waals surface area contributed by atoms with E-state index in [0.717, 1.165) is 12.2 Å². The summed E-state index contributed by atoms with van der Waals surface area (Å²) >= 11 is 0. The number of hydrogen-bond acceptors (Lipinski definition) is 5. The zero-order valence-electron chi connectivity index (χ0n) is 17.6. The van der Waals surface area contributed by atoms with Crippen LogP contribution in [0, 0.1) is 11.8 Å². The summed E-state index contributed by atoms with van der Waals surface area (Å²) in [5.74, 6) is 0.505. The van der Waals surface area contributed by atoms with Crippen molar-refractivity contribution < 1.29 is 19.1 Å². The largest absolute Gasteiger partial charge is 0.375 e. The van der Waals surface area contributed by atoms with E-state index in [2.05, 4.69) is 24.1 Å². The van der Waals surface area contributed by atoms with E-state index in [1.54, 1.807) is 11.1 Å². The predicted octanol–water partition coefficient (Wildman–Crippen LogP) is 0.157. The molecule has 2 aliphatic heterocycles. The number of rotatable bonds is 7. The average Bonchev–Trinajstić information content (AvgIpc) is 3.23. The molecule has 0 unspecified atom stereocenters. The van der Waals surface area contributed by atoms with Gasteiger partial charge in [-0.3, -0.25) is 14.4 Å². The number of nitrogens with one attached hydrogen (secondary N) is 1. The van der Waals surface area contributed by atoms with E-state index >= 15 is 0 Å². The molecule has 9 nitrogen and oxygen atoms in total. The standard InChI is InChI=1S/C20H31N5O4/c1-13(2)7-16-15(20(28)22-9-17-21-5-6-23(17)3)8-14-10-24(19(27)12-29-4)11-18(26)25(14)16/h5-6,13-16H,7-12H2,1-4H3,(H,22,28)/t14-,15-,16-/m0/s1. The van der Waals surface area contributed by atoms with Gasteiger partial charge in [0.1, 0.15) is 12.4 Å². The number of imidazole rings is 1. The fraction of sp³-hybridized carbons (Fsp3) is 0.700. The Labute approximate surface area is 171 Å². The minimum Gasteiger partial charge on any atom is -0.375 e. The van der Waals surface area contributed by atoms with Crippen LogP contribution < -0.4 is 5.32 Å². The summed E-state index contributed by atoms with van der Waals surface area (Å²) in [6.07, 6.45) is 4.85. The maximum atomic E-state index is 13.0. The third-order valence-corrected chi connectivity index (χ3v) is 5.80. The number of hydrogen-bond donors (Lipinski definition) is 1. The lowest BCUT2D eigenvalue weighted by atomic mass is 9.91. The van der Waals surface area contributed by atoms with E-state index in [-0.39, 0.29) is 48.9 Å². The molecule has 3 rings (SSSR count). The molecule has 3 heterocycles. The van der Waals surface area contributed by atoms with Crippen molar-refractivity contribution >= 4 is 17.7 Å². The van der Waals surface area contributed by atoms with E-state index in [9.17, 15) is 14.4 Å². The molecule has 0 aromatic carbocycles. The van der Waals surface area contributed by atoms with Gasteiger partial charge >= 0.3 is 0 Å². The van der Waals surface area contributed by atoms with Gasteiger partial charge in [0.2, 0.25) is 17.7 Å². The van der Waals surface area contributed by atoms with Crippen LogP contribution in [0.1, 0.15) is 32.5 Å². The van der Waals surface area contributed by atoms with Crippen LogP contribution in [-0.2, 0) is 32.7 Å². The second-order valence-corrected chi connectivity index (χ2v) is 8.37. The Hall–Kier alpha value is -2.42. The number of aryl methyl sites for hydroxylation is 1. The Morgan fingerprint density at radius 2 is 2.14 bits per heavy atom. The van der Waals surface area contributed by atoms with E-state index in [4.69, 9.17) is 4.74 Å². The van der Waals surface area contributed by atoms with Crippen LogP contribution >= 0.6 is 0 Å². The van der Waals surface area contributed by atoms with E-state index in [0.29, 0.717) is 25.4 Å². The third-order valence-electron chi connectivity index (χ3n) is 5.80. The average molecular weight is 405 g/mol. The number of nitrogens with zero attached hydrogens (tertiary/aromatic N) is 4. The summed E-state index contributed by atoms with van der Waals surface area (Å²) < 4.78 is 6.79. The van der Waals surface area contributed by atoms with E-state index < -0.39 is 0 Å². The van der Waals surface area contributed by atoms with Gasteiger partial charge in [-0.15, -0.1) is 0 Å². The molecular weight excluding hydrogens is 374 g/mol. The maximum Gasteiger partial charge on any atom is 0.249 e. The lowest BCUT2D eigenvalue weighted by molar-refractivity contribution is -0.151. The predicted molar refractivity (Wildman–Crippen MR) is 105 cm³/mol. The number of carbonyl (C=O) groups excluding carboxylic acids is 3. The molecule has 2 saturated heterocycles. The van der Waals surface area contributed by atoms with Crippen LogP contribution in [-0.4, -0.2) is 76.0 Å². The van der Waals surface area contributed by atoms with Gasteiger partial charge in [0.25, 0.3) is 0 Å². The maximum absolute atomic E-state index is 13.0. The summed E-state index contributed by atoms with van der Waals surface area (Å²) in [6, 6.07) is -0.279. The Kier molecular flexibility index (Phi) is 6.56.